The van der Waals surface area contributed by atoms with Gasteiger partial charge in [0.1, 0.15) is 11.4 Å². The number of carbonyl (C=O) groups is 2. The van der Waals surface area contributed by atoms with Crippen LogP contribution in [0.2, 0.25) is 0 Å². The topological polar surface area (TPSA) is 72.8 Å². The smallest absolute Gasteiger partial charge is 0.378 e. The van der Waals surface area contributed by atoms with Gasteiger partial charge in [0.05, 0.1) is 5.56 Å². The summed E-state index contributed by atoms with van der Waals surface area (Å²) in [6.07, 6.45) is 6.35. The number of carboxylic acid groups (broad SMARTS) is 1. The summed E-state index contributed by atoms with van der Waals surface area (Å²) in [5, 5.41) is 8.99. The van der Waals surface area contributed by atoms with Gasteiger partial charge in [0, 0.05) is 5.92 Å². The van der Waals surface area contributed by atoms with Gasteiger partial charge in [-0.15, -0.1) is 0 Å². The molecule has 3 rings (SSSR count). The minimum atomic E-state index is -4.13. The first-order valence-corrected chi connectivity index (χ1v) is 10.9. The van der Waals surface area contributed by atoms with Crippen LogP contribution in [0.5, 0.6) is 5.75 Å². The van der Waals surface area contributed by atoms with Crippen molar-refractivity contribution >= 4 is 11.9 Å². The highest BCUT2D eigenvalue weighted by atomic mass is 19.3. The number of carbonyl (C=O) groups excluding carboxylic acids is 1. The third-order valence-electron chi connectivity index (χ3n) is 6.54. The molecule has 2 saturated carbocycles. The van der Waals surface area contributed by atoms with Crippen LogP contribution in [0.1, 0.15) is 81.5 Å². The predicted octanol–water partition coefficient (Wildman–Crippen LogP) is 5.61. The summed E-state index contributed by atoms with van der Waals surface area (Å²) in [7, 11) is 0. The van der Waals surface area contributed by atoms with Gasteiger partial charge in [-0.2, -0.15) is 8.78 Å². The second-order valence-electron chi connectivity index (χ2n) is 8.52. The van der Waals surface area contributed by atoms with Crippen LogP contribution in [0.25, 0.3) is 0 Å². The van der Waals surface area contributed by atoms with Crippen molar-refractivity contribution in [2.24, 2.45) is 5.92 Å². The molecule has 0 radical (unpaired) electrons. The standard InChI is InChI=1S/C23H30F2O5/c1-2-22(14-6-7-15-22)30-18-12-10-17(11-13-18)20(26)29-19(23(24,25)21(27)28)16-8-4-3-5-9-16/h10-13,16,19H,2-9,14-15H2,1H3,(H,27,28). The number of hydrogen-bond donors (Lipinski definition) is 1. The van der Waals surface area contributed by atoms with Gasteiger partial charge < -0.3 is 14.6 Å². The van der Waals surface area contributed by atoms with E-state index in [0.717, 1.165) is 51.4 Å². The molecule has 1 aromatic rings. The first-order chi connectivity index (χ1) is 14.3. The molecule has 2 fully saturated rings. The van der Waals surface area contributed by atoms with Gasteiger partial charge >= 0.3 is 17.9 Å². The summed E-state index contributed by atoms with van der Waals surface area (Å²) in [6, 6.07) is 6.23. The van der Waals surface area contributed by atoms with Crippen LogP contribution >= 0.6 is 0 Å². The average molecular weight is 424 g/mol. The fourth-order valence-electron chi connectivity index (χ4n) is 4.66. The Morgan fingerprint density at radius 1 is 1.10 bits per heavy atom. The van der Waals surface area contributed by atoms with E-state index < -0.39 is 29.9 Å². The third-order valence-corrected chi connectivity index (χ3v) is 6.54. The Bertz CT molecular complexity index is 734. The van der Waals surface area contributed by atoms with E-state index in [1.54, 1.807) is 12.1 Å². The predicted molar refractivity (Wildman–Crippen MR) is 107 cm³/mol. The summed E-state index contributed by atoms with van der Waals surface area (Å²) in [4.78, 5) is 23.7. The van der Waals surface area contributed by atoms with Crippen molar-refractivity contribution in [1.29, 1.82) is 0 Å². The van der Waals surface area contributed by atoms with Gasteiger partial charge in [0.15, 0.2) is 6.10 Å². The largest absolute Gasteiger partial charge is 0.487 e. The Hall–Kier alpha value is -2.18. The molecule has 0 saturated heterocycles. The lowest BCUT2D eigenvalue weighted by Gasteiger charge is -2.33. The van der Waals surface area contributed by atoms with Gasteiger partial charge in [-0.3, -0.25) is 0 Å². The first-order valence-electron chi connectivity index (χ1n) is 10.9. The Morgan fingerprint density at radius 2 is 1.70 bits per heavy atom. The highest BCUT2D eigenvalue weighted by Gasteiger charge is 2.53. The van der Waals surface area contributed by atoms with Crippen molar-refractivity contribution in [3.8, 4) is 5.75 Å². The molecule has 0 aromatic heterocycles. The minimum absolute atomic E-state index is 0.0984. The van der Waals surface area contributed by atoms with Gasteiger partial charge in [-0.1, -0.05) is 26.2 Å². The van der Waals surface area contributed by atoms with Crippen LogP contribution in [-0.2, 0) is 9.53 Å². The molecule has 30 heavy (non-hydrogen) atoms. The quantitative estimate of drug-likeness (QED) is 0.549. The molecule has 166 valence electrons. The highest BCUT2D eigenvalue weighted by Crippen LogP contribution is 2.38. The van der Waals surface area contributed by atoms with E-state index in [0.29, 0.717) is 18.6 Å². The third kappa shape index (κ3) is 4.93. The zero-order valence-corrected chi connectivity index (χ0v) is 17.4. The fourth-order valence-corrected chi connectivity index (χ4v) is 4.66. The Kier molecular flexibility index (Phi) is 6.98. The number of ether oxygens (including phenoxy) is 2. The molecule has 2 aliphatic carbocycles. The van der Waals surface area contributed by atoms with Crippen LogP contribution in [0.15, 0.2) is 24.3 Å². The van der Waals surface area contributed by atoms with Crippen molar-refractivity contribution in [2.75, 3.05) is 0 Å². The van der Waals surface area contributed by atoms with Gasteiger partial charge in [0.2, 0.25) is 0 Å². The van der Waals surface area contributed by atoms with Crippen LogP contribution in [0.4, 0.5) is 8.78 Å². The lowest BCUT2D eigenvalue weighted by molar-refractivity contribution is -0.189. The van der Waals surface area contributed by atoms with E-state index in [1.807, 2.05) is 0 Å². The van der Waals surface area contributed by atoms with E-state index in [9.17, 15) is 18.4 Å². The number of aliphatic carboxylic acids is 1. The Morgan fingerprint density at radius 3 is 2.23 bits per heavy atom. The molecule has 1 N–H and O–H groups in total. The molecule has 1 unspecified atom stereocenters. The lowest BCUT2D eigenvalue weighted by atomic mass is 9.83. The maximum absolute atomic E-state index is 14.3. The zero-order chi connectivity index (χ0) is 21.8. The van der Waals surface area contributed by atoms with Crippen molar-refractivity contribution in [3.05, 3.63) is 29.8 Å². The fraction of sp³-hybridized carbons (Fsp3) is 0.652. The molecular formula is C23H30F2O5. The summed E-state index contributed by atoms with van der Waals surface area (Å²) in [5.74, 6) is -7.38. The van der Waals surface area contributed by atoms with Crippen LogP contribution < -0.4 is 4.74 Å². The summed E-state index contributed by atoms with van der Waals surface area (Å²) in [5.41, 5.74) is -0.0844. The molecular weight excluding hydrogens is 394 g/mol. The number of hydrogen-bond acceptors (Lipinski definition) is 4. The Balaban J connectivity index is 1.71. The van der Waals surface area contributed by atoms with Crippen LogP contribution in [0, 0.1) is 5.92 Å². The van der Waals surface area contributed by atoms with E-state index >= 15 is 0 Å². The molecule has 1 aromatic carbocycles. The van der Waals surface area contributed by atoms with E-state index in [1.165, 1.54) is 12.1 Å². The molecule has 0 bridgehead atoms. The Labute approximate surface area is 175 Å². The highest BCUT2D eigenvalue weighted by molar-refractivity contribution is 5.90. The average Bonchev–Trinajstić information content (AvgIpc) is 3.21. The first kappa shape index (κ1) is 22.5. The van der Waals surface area contributed by atoms with Gasteiger partial charge in [-0.25, -0.2) is 9.59 Å². The number of halogens is 2. The van der Waals surface area contributed by atoms with Crippen molar-refractivity contribution in [2.45, 2.75) is 88.8 Å². The number of benzene rings is 1. The molecule has 7 heteroatoms. The molecule has 1 atom stereocenters. The SMILES string of the molecule is CCC1(Oc2ccc(C(=O)OC(C3CCCCC3)C(F)(F)C(=O)O)cc2)CCCC1. The number of alkyl halides is 2. The van der Waals surface area contributed by atoms with E-state index in [-0.39, 0.29) is 11.2 Å². The van der Waals surface area contributed by atoms with Crippen molar-refractivity contribution in [3.63, 3.8) is 0 Å². The van der Waals surface area contributed by atoms with Crippen LogP contribution in [-0.4, -0.2) is 34.7 Å². The molecule has 2 aliphatic rings. The van der Waals surface area contributed by atoms with E-state index in [2.05, 4.69) is 6.92 Å². The molecule has 0 amide bonds. The summed E-state index contributed by atoms with van der Waals surface area (Å²) >= 11 is 0. The molecule has 0 spiro atoms. The monoisotopic (exact) mass is 424 g/mol. The molecule has 0 heterocycles. The zero-order valence-electron chi connectivity index (χ0n) is 17.4. The number of esters is 1. The number of carboxylic acids is 1. The van der Waals surface area contributed by atoms with Crippen LogP contribution in [0.3, 0.4) is 0 Å². The van der Waals surface area contributed by atoms with E-state index in [4.69, 9.17) is 14.6 Å². The van der Waals surface area contributed by atoms with Gasteiger partial charge in [-0.05, 0) is 69.2 Å². The van der Waals surface area contributed by atoms with Gasteiger partial charge in [0.25, 0.3) is 0 Å². The van der Waals surface area contributed by atoms with Crippen molar-refractivity contribution in [1.82, 2.24) is 0 Å². The normalized spacial score (nSPS) is 20.5. The maximum Gasteiger partial charge on any atom is 0.378 e. The minimum Gasteiger partial charge on any atom is -0.487 e. The second kappa shape index (κ2) is 9.31. The lowest BCUT2D eigenvalue weighted by Crippen LogP contribution is -2.48. The van der Waals surface area contributed by atoms with Crippen molar-refractivity contribution < 1.29 is 33.0 Å². The number of rotatable bonds is 8. The molecule has 0 aliphatic heterocycles. The summed E-state index contributed by atoms with van der Waals surface area (Å²) in [6.45, 7) is 2.09. The summed E-state index contributed by atoms with van der Waals surface area (Å²) < 4.78 is 40.0. The second-order valence-corrected chi connectivity index (χ2v) is 8.52. The maximum atomic E-state index is 14.3. The molecule has 5 nitrogen and oxygen atoms in total.